The van der Waals surface area contributed by atoms with Gasteiger partial charge in [0.2, 0.25) is 0 Å². The van der Waals surface area contributed by atoms with Crippen LogP contribution in [0.15, 0.2) is 18.2 Å². The number of rotatable bonds is 4. The van der Waals surface area contributed by atoms with E-state index in [9.17, 15) is 0 Å². The van der Waals surface area contributed by atoms with Crippen LogP contribution in [0.5, 0.6) is 0 Å². The topological polar surface area (TPSA) is 12.0 Å². The molecule has 0 spiro atoms. The Morgan fingerprint density at radius 2 is 1.93 bits per heavy atom. The average molecular weight is 191 g/mol. The highest BCUT2D eigenvalue weighted by atomic mass is 14.8. The van der Waals surface area contributed by atoms with Crippen LogP contribution in [0.25, 0.3) is 0 Å². The lowest BCUT2D eigenvalue weighted by Gasteiger charge is -2.13. The summed E-state index contributed by atoms with van der Waals surface area (Å²) in [6.45, 7) is 10.9. The minimum Gasteiger partial charge on any atom is -0.316 e. The fourth-order valence-corrected chi connectivity index (χ4v) is 1.55. The predicted molar refractivity (Wildman–Crippen MR) is 62.9 cm³/mol. The van der Waals surface area contributed by atoms with Crippen molar-refractivity contribution in [1.82, 2.24) is 5.32 Å². The van der Waals surface area contributed by atoms with E-state index in [-0.39, 0.29) is 0 Å². The average Bonchev–Trinajstić information content (AvgIpc) is 2.18. The molecule has 0 aliphatic heterocycles. The summed E-state index contributed by atoms with van der Waals surface area (Å²) in [5.41, 5.74) is 4.21. The van der Waals surface area contributed by atoms with Gasteiger partial charge in [-0.2, -0.15) is 0 Å². The lowest BCUT2D eigenvalue weighted by atomic mass is 9.97. The van der Waals surface area contributed by atoms with Crippen LogP contribution in [0.3, 0.4) is 0 Å². The zero-order chi connectivity index (χ0) is 10.6. The minimum absolute atomic E-state index is 0.606. The predicted octanol–water partition coefficient (Wildman–Crippen LogP) is 3.02. The SMILES string of the molecule is CCNCC(C)c1ccc(C)c(C)c1. The standard InChI is InChI=1S/C13H21N/c1-5-14-9-12(4)13-7-6-10(2)11(3)8-13/h6-8,12,14H,5,9H2,1-4H3. The Bertz CT molecular complexity index is 291. The van der Waals surface area contributed by atoms with E-state index in [1.165, 1.54) is 16.7 Å². The second kappa shape index (κ2) is 5.16. The molecule has 0 amide bonds. The largest absolute Gasteiger partial charge is 0.316 e. The Hall–Kier alpha value is -0.820. The van der Waals surface area contributed by atoms with Gasteiger partial charge < -0.3 is 5.32 Å². The van der Waals surface area contributed by atoms with Crippen LogP contribution in [0.4, 0.5) is 0 Å². The molecule has 0 bridgehead atoms. The van der Waals surface area contributed by atoms with E-state index in [2.05, 4.69) is 51.2 Å². The van der Waals surface area contributed by atoms with Crippen molar-refractivity contribution in [2.45, 2.75) is 33.6 Å². The molecule has 1 unspecified atom stereocenters. The lowest BCUT2D eigenvalue weighted by molar-refractivity contribution is 0.634. The molecule has 0 saturated carbocycles. The maximum Gasteiger partial charge on any atom is 0.00173 e. The highest BCUT2D eigenvalue weighted by Gasteiger charge is 2.05. The molecule has 0 aromatic heterocycles. The van der Waals surface area contributed by atoms with Crippen molar-refractivity contribution in [3.63, 3.8) is 0 Å². The molecular formula is C13H21N. The first-order valence-corrected chi connectivity index (χ1v) is 5.43. The van der Waals surface area contributed by atoms with E-state index in [1.807, 2.05) is 0 Å². The van der Waals surface area contributed by atoms with E-state index in [4.69, 9.17) is 0 Å². The highest BCUT2D eigenvalue weighted by molar-refractivity contribution is 5.31. The molecule has 78 valence electrons. The molecule has 1 aromatic carbocycles. The van der Waals surface area contributed by atoms with Crippen LogP contribution in [-0.4, -0.2) is 13.1 Å². The third-order valence-electron chi connectivity index (χ3n) is 2.80. The number of aryl methyl sites for hydroxylation is 2. The Morgan fingerprint density at radius 3 is 2.50 bits per heavy atom. The molecule has 1 atom stereocenters. The maximum absolute atomic E-state index is 3.38. The quantitative estimate of drug-likeness (QED) is 0.771. The van der Waals surface area contributed by atoms with E-state index >= 15 is 0 Å². The minimum atomic E-state index is 0.606. The number of hydrogen-bond donors (Lipinski definition) is 1. The summed E-state index contributed by atoms with van der Waals surface area (Å²) in [5, 5.41) is 3.38. The number of hydrogen-bond acceptors (Lipinski definition) is 1. The smallest absolute Gasteiger partial charge is 0.00173 e. The molecule has 0 saturated heterocycles. The molecule has 0 heterocycles. The second-order valence-corrected chi connectivity index (χ2v) is 4.05. The first-order valence-electron chi connectivity index (χ1n) is 5.43. The summed E-state index contributed by atoms with van der Waals surface area (Å²) in [5.74, 6) is 0.606. The lowest BCUT2D eigenvalue weighted by Crippen LogP contribution is -2.19. The molecule has 0 fully saturated rings. The fraction of sp³-hybridized carbons (Fsp3) is 0.538. The number of nitrogens with one attached hydrogen (secondary N) is 1. The fourth-order valence-electron chi connectivity index (χ4n) is 1.55. The van der Waals surface area contributed by atoms with Gasteiger partial charge in [-0.1, -0.05) is 32.0 Å². The number of benzene rings is 1. The van der Waals surface area contributed by atoms with Crippen LogP contribution >= 0.6 is 0 Å². The molecule has 1 rings (SSSR count). The summed E-state index contributed by atoms with van der Waals surface area (Å²) in [7, 11) is 0. The molecule has 14 heavy (non-hydrogen) atoms. The summed E-state index contributed by atoms with van der Waals surface area (Å²) in [6.07, 6.45) is 0. The molecular weight excluding hydrogens is 170 g/mol. The van der Waals surface area contributed by atoms with E-state index in [0.29, 0.717) is 5.92 Å². The molecule has 0 radical (unpaired) electrons. The molecule has 1 N–H and O–H groups in total. The van der Waals surface area contributed by atoms with Crippen LogP contribution in [0.2, 0.25) is 0 Å². The van der Waals surface area contributed by atoms with Gasteiger partial charge in [0, 0.05) is 6.54 Å². The van der Waals surface area contributed by atoms with E-state index in [0.717, 1.165) is 13.1 Å². The van der Waals surface area contributed by atoms with Gasteiger partial charge in [0.05, 0.1) is 0 Å². The van der Waals surface area contributed by atoms with Gasteiger partial charge in [0.1, 0.15) is 0 Å². The molecule has 1 heteroatoms. The van der Waals surface area contributed by atoms with Crippen molar-refractivity contribution < 1.29 is 0 Å². The Kier molecular flexibility index (Phi) is 4.15. The summed E-state index contributed by atoms with van der Waals surface area (Å²) < 4.78 is 0. The Labute approximate surface area is 87.5 Å². The van der Waals surface area contributed by atoms with Gasteiger partial charge >= 0.3 is 0 Å². The zero-order valence-corrected chi connectivity index (χ0v) is 9.72. The van der Waals surface area contributed by atoms with Crippen molar-refractivity contribution in [3.8, 4) is 0 Å². The van der Waals surface area contributed by atoms with Crippen LogP contribution in [-0.2, 0) is 0 Å². The van der Waals surface area contributed by atoms with Crippen molar-refractivity contribution in [2.24, 2.45) is 0 Å². The van der Waals surface area contributed by atoms with Crippen LogP contribution in [0.1, 0.15) is 36.5 Å². The zero-order valence-electron chi connectivity index (χ0n) is 9.72. The third-order valence-corrected chi connectivity index (χ3v) is 2.80. The Morgan fingerprint density at radius 1 is 1.21 bits per heavy atom. The van der Waals surface area contributed by atoms with Crippen molar-refractivity contribution in [2.75, 3.05) is 13.1 Å². The van der Waals surface area contributed by atoms with Gasteiger partial charge in [-0.05, 0) is 43.0 Å². The van der Waals surface area contributed by atoms with Gasteiger partial charge in [-0.3, -0.25) is 0 Å². The van der Waals surface area contributed by atoms with Gasteiger partial charge in [-0.15, -0.1) is 0 Å². The molecule has 1 nitrogen and oxygen atoms in total. The van der Waals surface area contributed by atoms with Crippen molar-refractivity contribution >= 4 is 0 Å². The maximum atomic E-state index is 3.38. The summed E-state index contributed by atoms with van der Waals surface area (Å²) in [4.78, 5) is 0. The van der Waals surface area contributed by atoms with E-state index < -0.39 is 0 Å². The first kappa shape index (κ1) is 11.3. The third kappa shape index (κ3) is 2.85. The molecule has 0 aliphatic carbocycles. The van der Waals surface area contributed by atoms with Crippen LogP contribution < -0.4 is 5.32 Å². The summed E-state index contributed by atoms with van der Waals surface area (Å²) >= 11 is 0. The monoisotopic (exact) mass is 191 g/mol. The van der Waals surface area contributed by atoms with Crippen molar-refractivity contribution in [3.05, 3.63) is 34.9 Å². The number of likely N-dealkylation sites (N-methyl/N-ethyl adjacent to an activating group) is 1. The van der Waals surface area contributed by atoms with Crippen LogP contribution in [0, 0.1) is 13.8 Å². The normalized spacial score (nSPS) is 12.9. The van der Waals surface area contributed by atoms with Gasteiger partial charge in [0.25, 0.3) is 0 Å². The summed E-state index contributed by atoms with van der Waals surface area (Å²) in [6, 6.07) is 6.76. The molecule has 1 aromatic rings. The first-order chi connectivity index (χ1) is 6.65. The van der Waals surface area contributed by atoms with Gasteiger partial charge in [-0.25, -0.2) is 0 Å². The second-order valence-electron chi connectivity index (χ2n) is 4.05. The van der Waals surface area contributed by atoms with Gasteiger partial charge in [0.15, 0.2) is 0 Å². The van der Waals surface area contributed by atoms with Crippen molar-refractivity contribution in [1.29, 1.82) is 0 Å². The Balaban J connectivity index is 2.70. The highest BCUT2D eigenvalue weighted by Crippen LogP contribution is 2.17. The van der Waals surface area contributed by atoms with E-state index in [1.54, 1.807) is 0 Å². The molecule has 0 aliphatic rings.